The summed E-state index contributed by atoms with van der Waals surface area (Å²) in [5.74, 6) is 0. The fourth-order valence-electron chi connectivity index (χ4n) is 3.00. The summed E-state index contributed by atoms with van der Waals surface area (Å²) >= 11 is 0. The van der Waals surface area contributed by atoms with E-state index in [4.69, 9.17) is 0 Å². The maximum absolute atomic E-state index is 3.57. The van der Waals surface area contributed by atoms with Crippen LogP contribution < -0.4 is 5.32 Å². The third-order valence-electron chi connectivity index (χ3n) is 4.06. The lowest BCUT2D eigenvalue weighted by Gasteiger charge is -2.24. The van der Waals surface area contributed by atoms with Gasteiger partial charge in [0, 0.05) is 12.6 Å². The number of hydrogen-bond donors (Lipinski definition) is 1. The molecule has 1 aromatic rings. The predicted molar refractivity (Wildman–Crippen MR) is 82.5 cm³/mol. The van der Waals surface area contributed by atoms with Gasteiger partial charge in [-0.1, -0.05) is 37.3 Å². The van der Waals surface area contributed by atoms with E-state index >= 15 is 0 Å². The zero-order valence-corrected chi connectivity index (χ0v) is 12.3. The minimum Gasteiger partial charge on any atom is -0.315 e. The fourth-order valence-corrected chi connectivity index (χ4v) is 3.00. The second-order valence-electron chi connectivity index (χ2n) is 5.63. The van der Waals surface area contributed by atoms with Gasteiger partial charge in [-0.15, -0.1) is 0 Å². The standard InChI is InChI=1S/C17H28N2/c1-2-12-18-15-17-11-7-14-19(17)13-6-10-16-8-4-3-5-9-16/h3-5,8-9,17-18H,2,6-7,10-15H2,1H3. The van der Waals surface area contributed by atoms with E-state index in [1.165, 1.54) is 57.3 Å². The van der Waals surface area contributed by atoms with E-state index in [1.807, 2.05) is 0 Å². The number of nitrogens with one attached hydrogen (secondary N) is 1. The van der Waals surface area contributed by atoms with Crippen molar-refractivity contribution >= 4 is 0 Å². The van der Waals surface area contributed by atoms with Gasteiger partial charge in [0.1, 0.15) is 0 Å². The van der Waals surface area contributed by atoms with Gasteiger partial charge in [-0.25, -0.2) is 0 Å². The minimum atomic E-state index is 0.780. The average Bonchev–Trinajstić information content (AvgIpc) is 2.88. The molecule has 1 aliphatic heterocycles. The number of rotatable bonds is 8. The highest BCUT2D eigenvalue weighted by atomic mass is 15.2. The molecule has 0 amide bonds. The third-order valence-corrected chi connectivity index (χ3v) is 4.06. The first-order valence-electron chi connectivity index (χ1n) is 7.89. The summed E-state index contributed by atoms with van der Waals surface area (Å²) in [7, 11) is 0. The average molecular weight is 260 g/mol. The molecular formula is C17H28N2. The van der Waals surface area contributed by atoms with Gasteiger partial charge in [-0.2, -0.15) is 0 Å². The molecule has 2 heteroatoms. The van der Waals surface area contributed by atoms with Crippen LogP contribution in [-0.4, -0.2) is 37.1 Å². The van der Waals surface area contributed by atoms with E-state index in [0.29, 0.717) is 0 Å². The second-order valence-corrected chi connectivity index (χ2v) is 5.63. The molecule has 0 saturated carbocycles. The van der Waals surface area contributed by atoms with Gasteiger partial charge in [0.15, 0.2) is 0 Å². The van der Waals surface area contributed by atoms with E-state index < -0.39 is 0 Å². The van der Waals surface area contributed by atoms with Crippen molar-refractivity contribution in [2.75, 3.05) is 26.2 Å². The Morgan fingerprint density at radius 2 is 2.11 bits per heavy atom. The van der Waals surface area contributed by atoms with Gasteiger partial charge < -0.3 is 5.32 Å². The summed E-state index contributed by atoms with van der Waals surface area (Å²) in [6, 6.07) is 11.6. The highest BCUT2D eigenvalue weighted by Crippen LogP contribution is 2.17. The van der Waals surface area contributed by atoms with Crippen LogP contribution in [0.15, 0.2) is 30.3 Å². The molecule has 2 rings (SSSR count). The van der Waals surface area contributed by atoms with Crippen molar-refractivity contribution in [3.05, 3.63) is 35.9 Å². The van der Waals surface area contributed by atoms with Gasteiger partial charge in [0.2, 0.25) is 0 Å². The molecule has 1 aromatic carbocycles. The van der Waals surface area contributed by atoms with Crippen LogP contribution in [0.5, 0.6) is 0 Å². The lowest BCUT2D eigenvalue weighted by atomic mass is 10.1. The molecule has 1 unspecified atom stereocenters. The van der Waals surface area contributed by atoms with Crippen LogP contribution in [0, 0.1) is 0 Å². The van der Waals surface area contributed by atoms with Gasteiger partial charge >= 0.3 is 0 Å². The van der Waals surface area contributed by atoms with Crippen molar-refractivity contribution in [1.29, 1.82) is 0 Å². The van der Waals surface area contributed by atoms with Gasteiger partial charge in [0.05, 0.1) is 0 Å². The number of nitrogens with zero attached hydrogens (tertiary/aromatic N) is 1. The van der Waals surface area contributed by atoms with Crippen LogP contribution in [0.4, 0.5) is 0 Å². The Balaban J connectivity index is 1.66. The summed E-state index contributed by atoms with van der Waals surface area (Å²) in [5, 5.41) is 3.57. The number of aryl methyl sites for hydroxylation is 1. The molecule has 0 radical (unpaired) electrons. The number of benzene rings is 1. The van der Waals surface area contributed by atoms with Gasteiger partial charge in [-0.3, -0.25) is 4.90 Å². The summed E-state index contributed by atoms with van der Waals surface area (Å²) in [5.41, 5.74) is 1.47. The van der Waals surface area contributed by atoms with Crippen molar-refractivity contribution in [1.82, 2.24) is 10.2 Å². The molecule has 1 saturated heterocycles. The SMILES string of the molecule is CCCNCC1CCCN1CCCc1ccccc1. The third kappa shape index (κ3) is 4.96. The Hall–Kier alpha value is -0.860. The molecule has 0 spiro atoms. The Labute approximate surface area is 118 Å². The van der Waals surface area contributed by atoms with Crippen LogP contribution in [0.2, 0.25) is 0 Å². The van der Waals surface area contributed by atoms with E-state index in [2.05, 4.69) is 47.5 Å². The molecule has 19 heavy (non-hydrogen) atoms. The fraction of sp³-hybridized carbons (Fsp3) is 0.647. The minimum absolute atomic E-state index is 0.780. The first-order valence-corrected chi connectivity index (χ1v) is 7.89. The van der Waals surface area contributed by atoms with Crippen molar-refractivity contribution in [3.63, 3.8) is 0 Å². The number of likely N-dealkylation sites (tertiary alicyclic amines) is 1. The molecule has 1 aliphatic rings. The van der Waals surface area contributed by atoms with Crippen molar-refractivity contribution in [2.45, 2.75) is 45.1 Å². The van der Waals surface area contributed by atoms with Crippen LogP contribution in [-0.2, 0) is 6.42 Å². The lowest BCUT2D eigenvalue weighted by molar-refractivity contribution is 0.245. The maximum Gasteiger partial charge on any atom is 0.0221 e. The molecule has 0 aliphatic carbocycles. The summed E-state index contributed by atoms with van der Waals surface area (Å²) in [6.07, 6.45) is 6.49. The highest BCUT2D eigenvalue weighted by molar-refractivity contribution is 5.14. The molecule has 2 nitrogen and oxygen atoms in total. The van der Waals surface area contributed by atoms with Gasteiger partial charge in [0.25, 0.3) is 0 Å². The zero-order valence-electron chi connectivity index (χ0n) is 12.3. The second kappa shape index (κ2) is 8.34. The van der Waals surface area contributed by atoms with Crippen LogP contribution in [0.25, 0.3) is 0 Å². The first-order chi connectivity index (χ1) is 9.40. The van der Waals surface area contributed by atoms with Crippen LogP contribution in [0.1, 0.15) is 38.2 Å². The van der Waals surface area contributed by atoms with E-state index in [0.717, 1.165) is 12.6 Å². The van der Waals surface area contributed by atoms with E-state index in [-0.39, 0.29) is 0 Å². The quantitative estimate of drug-likeness (QED) is 0.723. The Morgan fingerprint density at radius 1 is 1.26 bits per heavy atom. The number of hydrogen-bond acceptors (Lipinski definition) is 2. The molecule has 1 heterocycles. The Kier molecular flexibility index (Phi) is 6.38. The smallest absolute Gasteiger partial charge is 0.0221 e. The molecule has 0 bridgehead atoms. The molecule has 0 aromatic heterocycles. The lowest BCUT2D eigenvalue weighted by Crippen LogP contribution is -2.38. The largest absolute Gasteiger partial charge is 0.315 e. The Bertz CT molecular complexity index is 336. The van der Waals surface area contributed by atoms with Crippen LogP contribution in [0.3, 0.4) is 0 Å². The zero-order chi connectivity index (χ0) is 13.3. The molecular weight excluding hydrogens is 232 g/mol. The molecule has 1 N–H and O–H groups in total. The van der Waals surface area contributed by atoms with Gasteiger partial charge in [-0.05, 0) is 57.3 Å². The van der Waals surface area contributed by atoms with Crippen LogP contribution >= 0.6 is 0 Å². The summed E-state index contributed by atoms with van der Waals surface area (Å²) in [6.45, 7) is 7.13. The maximum atomic E-state index is 3.57. The monoisotopic (exact) mass is 260 g/mol. The molecule has 106 valence electrons. The molecule has 1 atom stereocenters. The topological polar surface area (TPSA) is 15.3 Å². The first kappa shape index (κ1) is 14.5. The predicted octanol–water partition coefficient (Wildman–Crippen LogP) is 3.08. The summed E-state index contributed by atoms with van der Waals surface area (Å²) in [4.78, 5) is 2.69. The molecule has 1 fully saturated rings. The summed E-state index contributed by atoms with van der Waals surface area (Å²) < 4.78 is 0. The van der Waals surface area contributed by atoms with Crippen molar-refractivity contribution in [2.24, 2.45) is 0 Å². The van der Waals surface area contributed by atoms with E-state index in [1.54, 1.807) is 0 Å². The van der Waals surface area contributed by atoms with E-state index in [9.17, 15) is 0 Å². The highest BCUT2D eigenvalue weighted by Gasteiger charge is 2.23. The normalized spacial score (nSPS) is 19.9. The van der Waals surface area contributed by atoms with Crippen molar-refractivity contribution < 1.29 is 0 Å². The van der Waals surface area contributed by atoms with Crippen molar-refractivity contribution in [3.8, 4) is 0 Å². The Morgan fingerprint density at radius 3 is 2.89 bits per heavy atom.